The minimum atomic E-state index is -3.62. The molecule has 22 heavy (non-hydrogen) atoms. The molecule has 1 amide bonds. The highest BCUT2D eigenvalue weighted by molar-refractivity contribution is 7.89. The normalized spacial score (nSPS) is 19.2. The van der Waals surface area contributed by atoms with Crippen LogP contribution in [0.25, 0.3) is 0 Å². The fourth-order valence-corrected chi connectivity index (χ4v) is 3.23. The minimum absolute atomic E-state index is 0.000647. The van der Waals surface area contributed by atoms with Gasteiger partial charge in [0.05, 0.1) is 28.2 Å². The van der Waals surface area contributed by atoms with E-state index in [-0.39, 0.29) is 27.5 Å². The van der Waals surface area contributed by atoms with Crippen molar-refractivity contribution in [1.82, 2.24) is 9.62 Å². The Morgan fingerprint density at radius 1 is 1.50 bits per heavy atom. The van der Waals surface area contributed by atoms with Crippen molar-refractivity contribution in [2.45, 2.75) is 24.3 Å². The SMILES string of the molecule is CC[C@H]1CN(C(=O)c2cc(S(=O)(=O)NC)ccc2Cl)CCO1. The standard InChI is InChI=1S/C14H19ClN2O4S/c1-3-10-9-17(6-7-21-10)14(18)12-8-11(4-5-13(12)15)22(19,20)16-2/h4-5,8,10,16H,3,6-7,9H2,1-2H3/t10-/m0/s1. The molecular weight excluding hydrogens is 328 g/mol. The monoisotopic (exact) mass is 346 g/mol. The van der Waals surface area contributed by atoms with Crippen molar-refractivity contribution in [3.63, 3.8) is 0 Å². The molecule has 1 heterocycles. The molecule has 1 saturated heterocycles. The fraction of sp³-hybridized carbons (Fsp3) is 0.500. The van der Waals surface area contributed by atoms with Gasteiger partial charge < -0.3 is 9.64 Å². The van der Waals surface area contributed by atoms with Crippen molar-refractivity contribution in [1.29, 1.82) is 0 Å². The van der Waals surface area contributed by atoms with Crippen LogP contribution < -0.4 is 4.72 Å². The number of nitrogens with zero attached hydrogens (tertiary/aromatic N) is 1. The first-order chi connectivity index (χ1) is 10.4. The van der Waals surface area contributed by atoms with E-state index in [0.29, 0.717) is 19.7 Å². The Labute approximate surface area is 135 Å². The van der Waals surface area contributed by atoms with E-state index in [2.05, 4.69) is 4.72 Å². The summed E-state index contributed by atoms with van der Waals surface area (Å²) in [4.78, 5) is 14.3. The number of halogens is 1. The van der Waals surface area contributed by atoms with Crippen molar-refractivity contribution in [3.8, 4) is 0 Å². The van der Waals surface area contributed by atoms with Crippen LogP contribution in [-0.2, 0) is 14.8 Å². The van der Waals surface area contributed by atoms with Gasteiger partial charge >= 0.3 is 0 Å². The lowest BCUT2D eigenvalue weighted by Crippen LogP contribution is -2.45. The van der Waals surface area contributed by atoms with Crippen LogP contribution in [0.4, 0.5) is 0 Å². The van der Waals surface area contributed by atoms with Crippen molar-refractivity contribution in [3.05, 3.63) is 28.8 Å². The summed E-state index contributed by atoms with van der Waals surface area (Å²) in [6.45, 7) is 3.41. The van der Waals surface area contributed by atoms with E-state index in [1.807, 2.05) is 6.92 Å². The number of sulfonamides is 1. The second kappa shape index (κ2) is 6.95. The molecule has 0 spiro atoms. The van der Waals surface area contributed by atoms with E-state index in [4.69, 9.17) is 16.3 Å². The molecule has 1 aromatic rings. The predicted octanol–water partition coefficient (Wildman–Crippen LogP) is 1.50. The zero-order valence-corrected chi connectivity index (χ0v) is 14.1. The number of morpholine rings is 1. The molecule has 1 aliphatic heterocycles. The highest BCUT2D eigenvalue weighted by Crippen LogP contribution is 2.23. The highest BCUT2D eigenvalue weighted by Gasteiger charge is 2.26. The molecule has 2 rings (SSSR count). The minimum Gasteiger partial charge on any atom is -0.375 e. The summed E-state index contributed by atoms with van der Waals surface area (Å²) in [7, 11) is -2.30. The number of amides is 1. The molecule has 1 aliphatic rings. The summed E-state index contributed by atoms with van der Waals surface area (Å²) in [5.41, 5.74) is 0.190. The number of hydrogen-bond acceptors (Lipinski definition) is 4. The topological polar surface area (TPSA) is 75.7 Å². The highest BCUT2D eigenvalue weighted by atomic mass is 35.5. The van der Waals surface area contributed by atoms with Gasteiger partial charge in [-0.3, -0.25) is 4.79 Å². The molecule has 1 atom stereocenters. The van der Waals surface area contributed by atoms with Crippen molar-refractivity contribution in [2.24, 2.45) is 0 Å². The molecule has 6 nitrogen and oxygen atoms in total. The van der Waals surface area contributed by atoms with Gasteiger partial charge in [0.25, 0.3) is 5.91 Å². The Morgan fingerprint density at radius 2 is 2.23 bits per heavy atom. The third-order valence-electron chi connectivity index (χ3n) is 3.63. The van der Waals surface area contributed by atoms with Crippen LogP contribution in [-0.4, -0.2) is 52.1 Å². The van der Waals surface area contributed by atoms with Gasteiger partial charge in [-0.05, 0) is 31.7 Å². The molecule has 0 saturated carbocycles. The number of carbonyl (C=O) groups is 1. The van der Waals surface area contributed by atoms with Gasteiger partial charge in [0, 0.05) is 13.1 Å². The molecule has 0 aromatic heterocycles. The van der Waals surface area contributed by atoms with E-state index >= 15 is 0 Å². The number of rotatable bonds is 4. The summed E-state index contributed by atoms with van der Waals surface area (Å²) in [5, 5.41) is 0.236. The van der Waals surface area contributed by atoms with Crippen LogP contribution in [0.1, 0.15) is 23.7 Å². The second-order valence-electron chi connectivity index (χ2n) is 5.00. The Hall–Kier alpha value is -1.15. The van der Waals surface area contributed by atoms with Crippen LogP contribution in [0.5, 0.6) is 0 Å². The maximum atomic E-state index is 12.6. The second-order valence-corrected chi connectivity index (χ2v) is 7.30. The quantitative estimate of drug-likeness (QED) is 0.896. The Balaban J connectivity index is 2.31. The largest absolute Gasteiger partial charge is 0.375 e. The summed E-state index contributed by atoms with van der Waals surface area (Å²) in [6, 6.07) is 4.11. The third kappa shape index (κ3) is 3.60. The lowest BCUT2D eigenvalue weighted by atomic mass is 10.1. The first kappa shape index (κ1) is 17.2. The molecule has 0 aliphatic carbocycles. The number of ether oxygens (including phenoxy) is 1. The van der Waals surface area contributed by atoms with Crippen molar-refractivity contribution >= 4 is 27.5 Å². The van der Waals surface area contributed by atoms with E-state index in [9.17, 15) is 13.2 Å². The molecule has 1 fully saturated rings. The molecule has 0 radical (unpaired) electrons. The summed E-state index contributed by atoms with van der Waals surface area (Å²) in [5.74, 6) is -0.278. The number of nitrogens with one attached hydrogen (secondary N) is 1. The van der Waals surface area contributed by atoms with Crippen molar-refractivity contribution < 1.29 is 17.9 Å². The molecule has 1 aromatic carbocycles. The molecule has 0 unspecified atom stereocenters. The smallest absolute Gasteiger partial charge is 0.255 e. The third-order valence-corrected chi connectivity index (χ3v) is 5.37. The van der Waals surface area contributed by atoms with Gasteiger partial charge in [-0.15, -0.1) is 0 Å². The molecule has 0 bridgehead atoms. The van der Waals surface area contributed by atoms with E-state index < -0.39 is 10.0 Å². The van der Waals surface area contributed by atoms with Gasteiger partial charge in [0.1, 0.15) is 0 Å². The van der Waals surface area contributed by atoms with Crippen LogP contribution in [0.3, 0.4) is 0 Å². The average Bonchev–Trinajstić information content (AvgIpc) is 2.54. The summed E-state index contributed by atoms with van der Waals surface area (Å²) < 4.78 is 31.5. The van der Waals surface area contributed by atoms with E-state index in [0.717, 1.165) is 6.42 Å². The number of benzene rings is 1. The molecule has 1 N–H and O–H groups in total. The zero-order valence-electron chi connectivity index (χ0n) is 12.5. The summed E-state index contributed by atoms with van der Waals surface area (Å²) >= 11 is 6.08. The number of hydrogen-bond donors (Lipinski definition) is 1. The van der Waals surface area contributed by atoms with Gasteiger partial charge in [0.15, 0.2) is 0 Å². The van der Waals surface area contributed by atoms with Gasteiger partial charge in [-0.25, -0.2) is 13.1 Å². The van der Waals surface area contributed by atoms with Crippen LogP contribution in [0.2, 0.25) is 5.02 Å². The van der Waals surface area contributed by atoms with E-state index in [1.54, 1.807) is 4.90 Å². The lowest BCUT2D eigenvalue weighted by Gasteiger charge is -2.32. The molecule has 122 valence electrons. The molecule has 8 heteroatoms. The molecular formula is C14H19ClN2O4S. The average molecular weight is 347 g/mol. The van der Waals surface area contributed by atoms with Gasteiger partial charge in [-0.2, -0.15) is 0 Å². The zero-order chi connectivity index (χ0) is 16.3. The maximum absolute atomic E-state index is 12.6. The summed E-state index contributed by atoms with van der Waals surface area (Å²) in [6.07, 6.45) is 0.812. The maximum Gasteiger partial charge on any atom is 0.255 e. The van der Waals surface area contributed by atoms with E-state index in [1.165, 1.54) is 25.2 Å². The van der Waals surface area contributed by atoms with Crippen LogP contribution >= 0.6 is 11.6 Å². The Bertz CT molecular complexity index is 663. The number of carbonyl (C=O) groups excluding carboxylic acids is 1. The predicted molar refractivity (Wildman–Crippen MR) is 83.6 cm³/mol. The lowest BCUT2D eigenvalue weighted by molar-refractivity contribution is -0.0226. The van der Waals surface area contributed by atoms with Crippen LogP contribution in [0.15, 0.2) is 23.1 Å². The van der Waals surface area contributed by atoms with Crippen molar-refractivity contribution in [2.75, 3.05) is 26.7 Å². The Kier molecular flexibility index (Phi) is 5.44. The van der Waals surface area contributed by atoms with Gasteiger partial charge in [-0.1, -0.05) is 18.5 Å². The first-order valence-corrected chi connectivity index (χ1v) is 8.89. The Morgan fingerprint density at radius 3 is 2.86 bits per heavy atom. The van der Waals surface area contributed by atoms with Crippen LogP contribution in [0, 0.1) is 0 Å². The first-order valence-electron chi connectivity index (χ1n) is 7.03. The fourth-order valence-electron chi connectivity index (χ4n) is 2.27. The van der Waals surface area contributed by atoms with Gasteiger partial charge in [0.2, 0.25) is 10.0 Å².